The van der Waals surface area contributed by atoms with Crippen molar-refractivity contribution in [3.8, 4) is 5.75 Å². The number of aliphatic hydroxyl groups excluding tert-OH is 1. The third-order valence-corrected chi connectivity index (χ3v) is 2.59. The second kappa shape index (κ2) is 5.03. The zero-order valence-electron chi connectivity index (χ0n) is 9.49. The van der Waals surface area contributed by atoms with Gasteiger partial charge in [0.05, 0.1) is 6.61 Å². The Labute approximate surface area is 95.1 Å². The molecular weight excluding hydrogens is 202 g/mol. The van der Waals surface area contributed by atoms with Gasteiger partial charge in [-0.1, -0.05) is 6.92 Å². The Morgan fingerprint density at radius 3 is 3.00 bits per heavy atom. The Morgan fingerprint density at radius 2 is 2.25 bits per heavy atom. The summed E-state index contributed by atoms with van der Waals surface area (Å²) in [5, 5.41) is 10.1. The number of hydrogen-bond acceptors (Lipinski definition) is 2. The van der Waals surface area contributed by atoms with Crippen molar-refractivity contribution in [3.05, 3.63) is 30.0 Å². The Balaban J connectivity index is 2.30. The molecule has 1 heterocycles. The number of benzene rings is 1. The molecule has 3 nitrogen and oxygen atoms in total. The summed E-state index contributed by atoms with van der Waals surface area (Å²) >= 11 is 0. The van der Waals surface area contributed by atoms with Gasteiger partial charge in [-0.3, -0.25) is 0 Å². The van der Waals surface area contributed by atoms with Crippen LogP contribution in [-0.4, -0.2) is 23.3 Å². The van der Waals surface area contributed by atoms with Crippen molar-refractivity contribution in [2.45, 2.75) is 19.8 Å². The largest absolute Gasteiger partial charge is 0.494 e. The molecule has 0 saturated heterocycles. The molecule has 2 N–H and O–H groups in total. The number of aromatic amines is 1. The van der Waals surface area contributed by atoms with Crippen molar-refractivity contribution in [2.75, 3.05) is 13.2 Å². The minimum atomic E-state index is 0.174. The van der Waals surface area contributed by atoms with E-state index in [9.17, 15) is 0 Å². The summed E-state index contributed by atoms with van der Waals surface area (Å²) in [6.07, 6.45) is 3.64. The predicted molar refractivity (Wildman–Crippen MR) is 64.9 cm³/mol. The van der Waals surface area contributed by atoms with Gasteiger partial charge in [-0.25, -0.2) is 0 Å². The highest BCUT2D eigenvalue weighted by atomic mass is 16.5. The smallest absolute Gasteiger partial charge is 0.120 e. The molecule has 86 valence electrons. The Morgan fingerprint density at radius 1 is 1.38 bits per heavy atom. The summed E-state index contributed by atoms with van der Waals surface area (Å²) in [4.78, 5) is 3.19. The summed E-state index contributed by atoms with van der Waals surface area (Å²) < 4.78 is 5.59. The Hall–Kier alpha value is -1.48. The van der Waals surface area contributed by atoms with E-state index in [1.807, 2.05) is 24.4 Å². The molecule has 0 unspecified atom stereocenters. The second-order valence-corrected chi connectivity index (χ2v) is 3.84. The molecule has 0 aliphatic carbocycles. The first-order valence-corrected chi connectivity index (χ1v) is 5.69. The van der Waals surface area contributed by atoms with Crippen LogP contribution in [0.5, 0.6) is 5.75 Å². The van der Waals surface area contributed by atoms with Crippen molar-refractivity contribution < 1.29 is 9.84 Å². The van der Waals surface area contributed by atoms with Gasteiger partial charge in [-0.2, -0.15) is 0 Å². The third-order valence-electron chi connectivity index (χ3n) is 2.59. The molecule has 0 bridgehead atoms. The lowest BCUT2D eigenvalue weighted by atomic mass is 10.1. The molecule has 2 aromatic rings. The van der Waals surface area contributed by atoms with E-state index in [1.54, 1.807) is 0 Å². The standard InChI is InChI=1S/C13H17NO2/c1-2-7-16-11-3-4-13-12(8-11)10(5-6-15)9-14-13/h3-4,8-9,14-15H,2,5-7H2,1H3. The fourth-order valence-electron chi connectivity index (χ4n) is 1.79. The molecule has 16 heavy (non-hydrogen) atoms. The zero-order valence-corrected chi connectivity index (χ0v) is 9.49. The number of hydrogen-bond donors (Lipinski definition) is 2. The maximum Gasteiger partial charge on any atom is 0.120 e. The van der Waals surface area contributed by atoms with Gasteiger partial charge in [0, 0.05) is 23.7 Å². The van der Waals surface area contributed by atoms with Gasteiger partial charge >= 0.3 is 0 Å². The van der Waals surface area contributed by atoms with Crippen LogP contribution in [0.4, 0.5) is 0 Å². The molecule has 0 saturated carbocycles. The topological polar surface area (TPSA) is 45.2 Å². The summed E-state index contributed by atoms with van der Waals surface area (Å²) in [7, 11) is 0. The molecular formula is C13H17NO2. The number of rotatable bonds is 5. The van der Waals surface area contributed by atoms with Gasteiger partial charge < -0.3 is 14.8 Å². The minimum absolute atomic E-state index is 0.174. The highest BCUT2D eigenvalue weighted by Crippen LogP contribution is 2.24. The molecule has 0 atom stereocenters. The first-order chi connectivity index (χ1) is 7.85. The van der Waals surface area contributed by atoms with Crippen LogP contribution in [0.25, 0.3) is 10.9 Å². The maximum absolute atomic E-state index is 8.96. The van der Waals surface area contributed by atoms with Crippen LogP contribution < -0.4 is 4.74 Å². The average molecular weight is 219 g/mol. The van der Waals surface area contributed by atoms with E-state index in [4.69, 9.17) is 9.84 Å². The SMILES string of the molecule is CCCOc1ccc2[nH]cc(CCO)c2c1. The molecule has 0 fully saturated rings. The van der Waals surface area contributed by atoms with E-state index in [0.29, 0.717) is 6.42 Å². The molecule has 3 heteroatoms. The van der Waals surface area contributed by atoms with E-state index < -0.39 is 0 Å². The average Bonchev–Trinajstić information content (AvgIpc) is 2.70. The minimum Gasteiger partial charge on any atom is -0.494 e. The molecule has 0 aliphatic rings. The normalized spacial score (nSPS) is 10.9. The number of aromatic nitrogens is 1. The van der Waals surface area contributed by atoms with Crippen molar-refractivity contribution in [2.24, 2.45) is 0 Å². The lowest BCUT2D eigenvalue weighted by Crippen LogP contribution is -1.94. The fourth-order valence-corrected chi connectivity index (χ4v) is 1.79. The van der Waals surface area contributed by atoms with Gasteiger partial charge in [0.15, 0.2) is 0 Å². The van der Waals surface area contributed by atoms with Crippen molar-refractivity contribution in [3.63, 3.8) is 0 Å². The summed E-state index contributed by atoms with van der Waals surface area (Å²) in [5.41, 5.74) is 2.23. The van der Waals surface area contributed by atoms with Crippen LogP contribution >= 0.6 is 0 Å². The van der Waals surface area contributed by atoms with Gasteiger partial charge in [-0.15, -0.1) is 0 Å². The quantitative estimate of drug-likeness (QED) is 0.811. The van der Waals surface area contributed by atoms with E-state index in [2.05, 4.69) is 11.9 Å². The molecule has 0 spiro atoms. The van der Waals surface area contributed by atoms with Crippen molar-refractivity contribution >= 4 is 10.9 Å². The van der Waals surface area contributed by atoms with Crippen LogP contribution in [0, 0.1) is 0 Å². The number of H-pyrrole nitrogens is 1. The lowest BCUT2D eigenvalue weighted by Gasteiger charge is -2.04. The van der Waals surface area contributed by atoms with E-state index in [-0.39, 0.29) is 6.61 Å². The molecule has 2 rings (SSSR count). The summed E-state index contributed by atoms with van der Waals surface area (Å²) in [5.74, 6) is 0.896. The van der Waals surface area contributed by atoms with Crippen LogP contribution in [-0.2, 0) is 6.42 Å². The maximum atomic E-state index is 8.96. The van der Waals surface area contributed by atoms with Crippen molar-refractivity contribution in [1.29, 1.82) is 0 Å². The summed E-state index contributed by atoms with van der Waals surface area (Å²) in [6.45, 7) is 3.00. The van der Waals surface area contributed by atoms with Gasteiger partial charge in [0.25, 0.3) is 0 Å². The van der Waals surface area contributed by atoms with Crippen LogP contribution in [0.2, 0.25) is 0 Å². The molecule has 0 amide bonds. The van der Waals surface area contributed by atoms with E-state index in [0.717, 1.165) is 35.2 Å². The predicted octanol–water partition coefficient (Wildman–Crippen LogP) is 2.49. The van der Waals surface area contributed by atoms with E-state index >= 15 is 0 Å². The third kappa shape index (κ3) is 2.19. The van der Waals surface area contributed by atoms with Crippen molar-refractivity contribution in [1.82, 2.24) is 4.98 Å². The lowest BCUT2D eigenvalue weighted by molar-refractivity contribution is 0.300. The second-order valence-electron chi connectivity index (χ2n) is 3.84. The number of ether oxygens (including phenoxy) is 1. The summed E-state index contributed by atoms with van der Waals surface area (Å²) in [6, 6.07) is 6.02. The van der Waals surface area contributed by atoms with Crippen LogP contribution in [0.15, 0.2) is 24.4 Å². The molecule has 0 radical (unpaired) electrons. The molecule has 0 aliphatic heterocycles. The monoisotopic (exact) mass is 219 g/mol. The zero-order chi connectivity index (χ0) is 11.4. The van der Waals surface area contributed by atoms with Crippen LogP contribution in [0.1, 0.15) is 18.9 Å². The van der Waals surface area contributed by atoms with Gasteiger partial charge in [0.1, 0.15) is 5.75 Å². The van der Waals surface area contributed by atoms with Gasteiger partial charge in [-0.05, 0) is 36.6 Å². The molecule has 1 aromatic carbocycles. The fraction of sp³-hybridized carbons (Fsp3) is 0.385. The van der Waals surface area contributed by atoms with Crippen LogP contribution in [0.3, 0.4) is 0 Å². The highest BCUT2D eigenvalue weighted by molar-refractivity contribution is 5.84. The molecule has 1 aromatic heterocycles. The first-order valence-electron chi connectivity index (χ1n) is 5.69. The number of aliphatic hydroxyl groups is 1. The Kier molecular flexibility index (Phi) is 3.47. The first kappa shape index (κ1) is 11.0. The number of fused-ring (bicyclic) bond motifs is 1. The highest BCUT2D eigenvalue weighted by Gasteiger charge is 2.04. The van der Waals surface area contributed by atoms with E-state index in [1.165, 1.54) is 0 Å². The van der Waals surface area contributed by atoms with Gasteiger partial charge in [0.2, 0.25) is 0 Å². The Bertz CT molecular complexity index is 462. The number of nitrogens with one attached hydrogen (secondary N) is 1.